The Balaban J connectivity index is 1.27. The lowest BCUT2D eigenvalue weighted by Crippen LogP contribution is -2.32. The van der Waals surface area contributed by atoms with Crippen molar-refractivity contribution in [1.82, 2.24) is 9.97 Å². The molecule has 10 heteroatoms. The molecular formula is C28H29FN4O5. The number of rotatable bonds is 7. The summed E-state index contributed by atoms with van der Waals surface area (Å²) in [5, 5.41) is 9.04. The maximum Gasteiger partial charge on any atom is 0.322 e. The van der Waals surface area contributed by atoms with Gasteiger partial charge in [-0.15, -0.1) is 0 Å². The van der Waals surface area contributed by atoms with Crippen LogP contribution in [0.4, 0.5) is 15.9 Å². The second-order valence-corrected chi connectivity index (χ2v) is 9.70. The van der Waals surface area contributed by atoms with Crippen molar-refractivity contribution in [3.05, 3.63) is 71.0 Å². The lowest BCUT2D eigenvalue weighted by molar-refractivity contribution is -0.138. The van der Waals surface area contributed by atoms with Crippen LogP contribution >= 0.6 is 0 Å². The van der Waals surface area contributed by atoms with Crippen LogP contribution in [0.5, 0.6) is 11.9 Å². The number of halogens is 1. The van der Waals surface area contributed by atoms with E-state index < -0.39 is 5.97 Å². The first-order valence-electron chi connectivity index (χ1n) is 12.7. The Morgan fingerprint density at radius 3 is 2.47 bits per heavy atom. The summed E-state index contributed by atoms with van der Waals surface area (Å²) in [5.74, 6) is -0.781. The van der Waals surface area contributed by atoms with Crippen LogP contribution in [0.25, 0.3) is 0 Å². The molecule has 3 N–H and O–H groups in total. The van der Waals surface area contributed by atoms with Gasteiger partial charge in [-0.05, 0) is 72.9 Å². The summed E-state index contributed by atoms with van der Waals surface area (Å²) in [5.41, 5.74) is 8.86. The highest BCUT2D eigenvalue weighted by atomic mass is 19.1. The zero-order valence-corrected chi connectivity index (χ0v) is 20.8. The van der Waals surface area contributed by atoms with Crippen molar-refractivity contribution in [3.8, 4) is 11.9 Å². The van der Waals surface area contributed by atoms with E-state index in [0.717, 1.165) is 31.2 Å². The Labute approximate surface area is 219 Å². The number of fused-ring (bicyclic) bond motifs is 1. The molecule has 1 amide bonds. The van der Waals surface area contributed by atoms with Crippen LogP contribution in [0.2, 0.25) is 0 Å². The SMILES string of the molecule is Nc1nc(OCc2ccc(F)cc2)nc2c1C(=O)N(c1ccc(C3CCC(CC(=O)O)CC3)cc1)CCO2. The molecule has 38 heavy (non-hydrogen) atoms. The Hall–Kier alpha value is -4.21. The number of nitrogen functional groups attached to an aromatic ring is 1. The van der Waals surface area contributed by atoms with Gasteiger partial charge in [0.25, 0.3) is 5.91 Å². The molecule has 0 spiro atoms. The topological polar surface area (TPSA) is 128 Å². The van der Waals surface area contributed by atoms with Crippen LogP contribution in [0.3, 0.4) is 0 Å². The molecule has 1 aliphatic heterocycles. The van der Waals surface area contributed by atoms with Gasteiger partial charge in [-0.1, -0.05) is 24.3 Å². The summed E-state index contributed by atoms with van der Waals surface area (Å²) in [6.45, 7) is 0.619. The number of hydrogen-bond acceptors (Lipinski definition) is 7. The van der Waals surface area contributed by atoms with Crippen molar-refractivity contribution in [2.75, 3.05) is 23.8 Å². The van der Waals surface area contributed by atoms with Gasteiger partial charge in [0.1, 0.15) is 30.4 Å². The van der Waals surface area contributed by atoms with Gasteiger partial charge in [-0.25, -0.2) is 4.39 Å². The molecule has 5 rings (SSSR count). The number of nitrogens with zero attached hydrogens (tertiary/aromatic N) is 3. The Kier molecular flexibility index (Phi) is 7.39. The molecule has 3 aromatic rings. The van der Waals surface area contributed by atoms with E-state index >= 15 is 0 Å². The highest BCUT2D eigenvalue weighted by Crippen LogP contribution is 2.38. The fraction of sp³-hybridized carbons (Fsp3) is 0.357. The van der Waals surface area contributed by atoms with Gasteiger partial charge in [0.05, 0.1) is 6.54 Å². The van der Waals surface area contributed by atoms with E-state index in [1.807, 2.05) is 24.3 Å². The fourth-order valence-electron chi connectivity index (χ4n) is 5.12. The number of ether oxygens (including phenoxy) is 2. The Morgan fingerprint density at radius 1 is 1.08 bits per heavy atom. The minimum atomic E-state index is -0.731. The number of aliphatic carboxylic acids is 1. The molecule has 0 radical (unpaired) electrons. The molecule has 1 fully saturated rings. The normalized spacial score (nSPS) is 19.3. The van der Waals surface area contributed by atoms with E-state index in [2.05, 4.69) is 9.97 Å². The largest absolute Gasteiger partial charge is 0.481 e. The van der Waals surface area contributed by atoms with E-state index in [0.29, 0.717) is 18.2 Å². The maximum absolute atomic E-state index is 13.5. The average molecular weight is 521 g/mol. The molecule has 1 aromatic heterocycles. The summed E-state index contributed by atoms with van der Waals surface area (Å²) in [7, 11) is 0. The van der Waals surface area contributed by atoms with E-state index in [-0.39, 0.29) is 60.5 Å². The first-order chi connectivity index (χ1) is 18.4. The van der Waals surface area contributed by atoms with E-state index in [9.17, 15) is 14.0 Å². The first kappa shape index (κ1) is 25.4. The summed E-state index contributed by atoms with van der Waals surface area (Å²) >= 11 is 0. The van der Waals surface area contributed by atoms with Gasteiger partial charge in [0.15, 0.2) is 0 Å². The van der Waals surface area contributed by atoms with Crippen molar-refractivity contribution in [1.29, 1.82) is 0 Å². The van der Waals surface area contributed by atoms with Gasteiger partial charge in [0, 0.05) is 12.1 Å². The Bertz CT molecular complexity index is 1310. The number of anilines is 2. The summed E-state index contributed by atoms with van der Waals surface area (Å²) < 4.78 is 24.5. The first-order valence-corrected chi connectivity index (χ1v) is 12.7. The predicted molar refractivity (Wildman–Crippen MR) is 138 cm³/mol. The minimum Gasteiger partial charge on any atom is -0.481 e. The summed E-state index contributed by atoms with van der Waals surface area (Å²) in [6.07, 6.45) is 3.97. The quantitative estimate of drug-likeness (QED) is 0.464. The number of benzene rings is 2. The molecule has 2 heterocycles. The second-order valence-electron chi connectivity index (χ2n) is 9.70. The molecule has 198 valence electrons. The number of carboxylic acid groups (broad SMARTS) is 1. The lowest BCUT2D eigenvalue weighted by Gasteiger charge is -2.28. The highest BCUT2D eigenvalue weighted by molar-refractivity contribution is 6.10. The number of hydrogen-bond donors (Lipinski definition) is 2. The molecule has 2 aromatic carbocycles. The zero-order valence-electron chi connectivity index (χ0n) is 20.8. The monoisotopic (exact) mass is 520 g/mol. The molecule has 0 saturated heterocycles. The van der Waals surface area contributed by atoms with Gasteiger partial charge < -0.3 is 25.2 Å². The molecular weight excluding hydrogens is 491 g/mol. The molecule has 2 aliphatic rings. The van der Waals surface area contributed by atoms with Crippen molar-refractivity contribution >= 4 is 23.4 Å². The third-order valence-electron chi connectivity index (χ3n) is 7.16. The molecule has 0 bridgehead atoms. The van der Waals surface area contributed by atoms with Crippen LogP contribution in [-0.2, 0) is 11.4 Å². The minimum absolute atomic E-state index is 0.0331. The zero-order chi connectivity index (χ0) is 26.6. The van der Waals surface area contributed by atoms with Crippen molar-refractivity contribution in [3.63, 3.8) is 0 Å². The van der Waals surface area contributed by atoms with Gasteiger partial charge in [0.2, 0.25) is 5.88 Å². The number of carboxylic acids is 1. The number of nitrogens with two attached hydrogens (primary N) is 1. The third kappa shape index (κ3) is 5.69. The number of amides is 1. The molecule has 9 nitrogen and oxygen atoms in total. The van der Waals surface area contributed by atoms with Crippen molar-refractivity contribution in [2.24, 2.45) is 5.92 Å². The van der Waals surface area contributed by atoms with Crippen LogP contribution in [-0.4, -0.2) is 40.1 Å². The molecule has 0 unspecified atom stereocenters. The maximum atomic E-state index is 13.5. The highest BCUT2D eigenvalue weighted by Gasteiger charge is 2.30. The smallest absolute Gasteiger partial charge is 0.322 e. The van der Waals surface area contributed by atoms with E-state index in [4.69, 9.17) is 20.3 Å². The average Bonchev–Trinajstić information content (AvgIpc) is 3.07. The molecule has 1 saturated carbocycles. The van der Waals surface area contributed by atoms with Crippen LogP contribution in [0, 0.1) is 11.7 Å². The van der Waals surface area contributed by atoms with Crippen LogP contribution in [0.1, 0.15) is 59.5 Å². The van der Waals surface area contributed by atoms with E-state index in [1.54, 1.807) is 17.0 Å². The van der Waals surface area contributed by atoms with Crippen molar-refractivity contribution < 1.29 is 28.6 Å². The summed E-state index contributed by atoms with van der Waals surface area (Å²) in [4.78, 5) is 34.4. The number of aromatic nitrogens is 2. The van der Waals surface area contributed by atoms with Gasteiger partial charge in [-0.3, -0.25) is 9.59 Å². The molecule has 0 atom stereocenters. The number of carbonyl (C=O) groups is 2. The predicted octanol–water partition coefficient (Wildman–Crippen LogP) is 4.56. The van der Waals surface area contributed by atoms with E-state index in [1.165, 1.54) is 17.7 Å². The van der Waals surface area contributed by atoms with Crippen LogP contribution in [0.15, 0.2) is 48.5 Å². The summed E-state index contributed by atoms with van der Waals surface area (Å²) in [6, 6.07) is 13.7. The standard InChI is InChI=1S/C28H29FN4O5/c29-21-9-3-18(4-10-21)16-38-28-31-25(30)24-26(32-28)37-14-13-33(27(24)36)22-11-7-20(8-12-22)19-5-1-17(2-6-19)15-23(34)35/h3-4,7-12,17,19H,1-2,5-6,13-16H2,(H,34,35)(H2,30,31,32). The second kappa shape index (κ2) is 11.0. The fourth-order valence-corrected chi connectivity index (χ4v) is 5.12. The third-order valence-corrected chi connectivity index (χ3v) is 7.16. The molecule has 1 aliphatic carbocycles. The lowest BCUT2D eigenvalue weighted by atomic mass is 9.77. The number of carbonyl (C=O) groups excluding carboxylic acids is 1. The van der Waals surface area contributed by atoms with Gasteiger partial charge in [-0.2, -0.15) is 9.97 Å². The Morgan fingerprint density at radius 2 is 1.79 bits per heavy atom. The van der Waals surface area contributed by atoms with Crippen LogP contribution < -0.4 is 20.1 Å². The van der Waals surface area contributed by atoms with Crippen molar-refractivity contribution in [2.45, 2.75) is 44.6 Å². The van der Waals surface area contributed by atoms with Gasteiger partial charge >= 0.3 is 12.0 Å².